The van der Waals surface area contributed by atoms with E-state index in [1.54, 1.807) is 0 Å². The third-order valence-electron chi connectivity index (χ3n) is 3.16. The van der Waals surface area contributed by atoms with Gasteiger partial charge in [-0.05, 0) is 48.4 Å². The van der Waals surface area contributed by atoms with E-state index >= 15 is 0 Å². The number of benzene rings is 1. The van der Waals surface area contributed by atoms with E-state index in [-0.39, 0.29) is 5.75 Å². The van der Waals surface area contributed by atoms with Gasteiger partial charge in [-0.3, -0.25) is 5.11 Å². The lowest BCUT2D eigenvalue weighted by Crippen LogP contribution is -2.02. The Kier molecular flexibility index (Phi) is 4.19. The molecule has 0 N–H and O–H groups in total. The van der Waals surface area contributed by atoms with Crippen LogP contribution in [0.4, 0.5) is 0 Å². The Balaban J connectivity index is 3.44. The lowest BCUT2D eigenvalue weighted by molar-refractivity contribution is 0.349. The van der Waals surface area contributed by atoms with Crippen molar-refractivity contribution < 1.29 is 5.11 Å². The fourth-order valence-corrected chi connectivity index (χ4v) is 2.43. The maximum absolute atomic E-state index is 11.9. The van der Waals surface area contributed by atoms with Gasteiger partial charge in [-0.2, -0.15) is 0 Å². The highest BCUT2D eigenvalue weighted by Crippen LogP contribution is 2.30. The maximum Gasteiger partial charge on any atom is 0.182 e. The van der Waals surface area contributed by atoms with Gasteiger partial charge in [0.2, 0.25) is 0 Å². The molecule has 0 unspecified atom stereocenters. The molecule has 0 aliphatic rings. The van der Waals surface area contributed by atoms with Gasteiger partial charge in [-0.15, -0.1) is 0 Å². The fraction of sp³-hybridized carbons (Fsp3) is 0.571. The first-order valence-corrected chi connectivity index (χ1v) is 6.02. The first-order valence-electron chi connectivity index (χ1n) is 6.02. The molecule has 83 valence electrons. The zero-order chi connectivity index (χ0) is 11.4. The Morgan fingerprint density at radius 1 is 0.800 bits per heavy atom. The molecule has 0 aliphatic carbocycles. The van der Waals surface area contributed by atoms with Gasteiger partial charge in [-0.25, -0.2) is 0 Å². The predicted molar refractivity (Wildman–Crippen MR) is 64.1 cm³/mol. The molecule has 0 fully saturated rings. The van der Waals surface area contributed by atoms with Gasteiger partial charge in [0.15, 0.2) is 5.75 Å². The highest BCUT2D eigenvalue weighted by atomic mass is 16.3. The van der Waals surface area contributed by atoms with Gasteiger partial charge >= 0.3 is 0 Å². The Morgan fingerprint density at radius 2 is 1.33 bits per heavy atom. The fourth-order valence-electron chi connectivity index (χ4n) is 2.43. The minimum absolute atomic E-state index is 0.239. The van der Waals surface area contributed by atoms with Crippen LogP contribution < -0.4 is 0 Å². The molecular formula is C14H21O. The first-order chi connectivity index (χ1) is 7.19. The summed E-state index contributed by atoms with van der Waals surface area (Å²) in [5.74, 6) is 0.239. The van der Waals surface area contributed by atoms with Crippen LogP contribution in [-0.2, 0) is 30.8 Å². The number of aryl methyl sites for hydroxylation is 1. The summed E-state index contributed by atoms with van der Waals surface area (Å²) in [5, 5.41) is 11.9. The average Bonchev–Trinajstić information content (AvgIpc) is 2.27. The topological polar surface area (TPSA) is 19.9 Å². The second kappa shape index (κ2) is 5.20. The Labute approximate surface area is 93.1 Å². The van der Waals surface area contributed by atoms with Gasteiger partial charge in [0, 0.05) is 5.56 Å². The maximum atomic E-state index is 11.9. The summed E-state index contributed by atoms with van der Waals surface area (Å²) in [4.78, 5) is 0. The van der Waals surface area contributed by atoms with Crippen LogP contribution in [0.1, 0.15) is 49.9 Å². The molecule has 0 amide bonds. The lowest BCUT2D eigenvalue weighted by Gasteiger charge is -2.16. The SMILES string of the molecule is CCc1cc([O])c(CC)c(CC)c1CC. The highest BCUT2D eigenvalue weighted by Gasteiger charge is 2.14. The molecule has 0 bridgehead atoms. The summed E-state index contributed by atoms with van der Waals surface area (Å²) in [6.45, 7) is 8.52. The van der Waals surface area contributed by atoms with Crippen molar-refractivity contribution in [3.05, 3.63) is 28.3 Å². The van der Waals surface area contributed by atoms with E-state index in [1.165, 1.54) is 16.7 Å². The summed E-state index contributed by atoms with van der Waals surface area (Å²) < 4.78 is 0. The van der Waals surface area contributed by atoms with Crippen molar-refractivity contribution in [2.45, 2.75) is 53.4 Å². The molecular weight excluding hydrogens is 184 g/mol. The zero-order valence-electron chi connectivity index (χ0n) is 10.3. The molecule has 0 heterocycles. The van der Waals surface area contributed by atoms with Gasteiger partial charge in [0.05, 0.1) is 0 Å². The number of hydrogen-bond acceptors (Lipinski definition) is 0. The minimum Gasteiger partial charge on any atom is -0.290 e. The number of hydrogen-bond donors (Lipinski definition) is 0. The monoisotopic (exact) mass is 205 g/mol. The van der Waals surface area contributed by atoms with Crippen LogP contribution in [0.3, 0.4) is 0 Å². The molecule has 1 nitrogen and oxygen atoms in total. The molecule has 1 aromatic rings. The average molecular weight is 205 g/mol. The number of rotatable bonds is 4. The molecule has 0 atom stereocenters. The van der Waals surface area contributed by atoms with E-state index in [4.69, 9.17) is 0 Å². The van der Waals surface area contributed by atoms with Crippen molar-refractivity contribution in [2.75, 3.05) is 0 Å². The van der Waals surface area contributed by atoms with Gasteiger partial charge in [0.25, 0.3) is 0 Å². The van der Waals surface area contributed by atoms with E-state index in [9.17, 15) is 5.11 Å². The minimum atomic E-state index is 0.239. The predicted octanol–water partition coefficient (Wildman–Crippen LogP) is 4.08. The van der Waals surface area contributed by atoms with Crippen molar-refractivity contribution in [1.82, 2.24) is 0 Å². The van der Waals surface area contributed by atoms with Crippen LogP contribution in [0, 0.1) is 0 Å². The Bertz CT molecular complexity index is 340. The molecule has 15 heavy (non-hydrogen) atoms. The summed E-state index contributed by atoms with van der Waals surface area (Å²) in [6, 6.07) is 1.84. The highest BCUT2D eigenvalue weighted by molar-refractivity contribution is 5.49. The smallest absolute Gasteiger partial charge is 0.182 e. The third kappa shape index (κ3) is 2.17. The first kappa shape index (κ1) is 12.1. The summed E-state index contributed by atoms with van der Waals surface area (Å²) in [7, 11) is 0. The van der Waals surface area contributed by atoms with Crippen molar-refractivity contribution in [2.24, 2.45) is 0 Å². The molecule has 0 aliphatic heterocycles. The molecule has 0 spiro atoms. The third-order valence-corrected chi connectivity index (χ3v) is 3.16. The van der Waals surface area contributed by atoms with Crippen LogP contribution >= 0.6 is 0 Å². The van der Waals surface area contributed by atoms with Crippen LogP contribution in [0.5, 0.6) is 5.75 Å². The van der Waals surface area contributed by atoms with E-state index in [0.717, 1.165) is 31.2 Å². The Morgan fingerprint density at radius 3 is 1.73 bits per heavy atom. The van der Waals surface area contributed by atoms with Crippen LogP contribution in [0.2, 0.25) is 0 Å². The molecule has 1 rings (SSSR count). The Hall–Kier alpha value is -0.980. The molecule has 1 aromatic carbocycles. The molecule has 0 saturated carbocycles. The van der Waals surface area contributed by atoms with E-state index < -0.39 is 0 Å². The van der Waals surface area contributed by atoms with E-state index in [1.807, 2.05) is 6.07 Å². The summed E-state index contributed by atoms with van der Waals surface area (Å²) >= 11 is 0. The second-order valence-corrected chi connectivity index (χ2v) is 3.88. The van der Waals surface area contributed by atoms with Crippen molar-refractivity contribution in [3.8, 4) is 5.75 Å². The van der Waals surface area contributed by atoms with Crippen LogP contribution in [0.15, 0.2) is 6.07 Å². The quantitative estimate of drug-likeness (QED) is 0.706. The molecule has 0 saturated heterocycles. The standard InChI is InChI=1S/C14H21O/c1-5-10-9-14(15)13(8-4)12(7-3)11(10)6-2/h9H,5-8H2,1-4H3. The largest absolute Gasteiger partial charge is 0.290 e. The van der Waals surface area contributed by atoms with Gasteiger partial charge < -0.3 is 0 Å². The molecule has 0 aromatic heterocycles. The molecule has 1 radical (unpaired) electrons. The van der Waals surface area contributed by atoms with E-state index in [0.29, 0.717) is 0 Å². The second-order valence-electron chi connectivity index (χ2n) is 3.88. The van der Waals surface area contributed by atoms with Crippen molar-refractivity contribution >= 4 is 0 Å². The van der Waals surface area contributed by atoms with E-state index in [2.05, 4.69) is 27.7 Å². The van der Waals surface area contributed by atoms with Crippen LogP contribution in [-0.4, -0.2) is 0 Å². The van der Waals surface area contributed by atoms with Crippen molar-refractivity contribution in [3.63, 3.8) is 0 Å². The van der Waals surface area contributed by atoms with Gasteiger partial charge in [0.1, 0.15) is 0 Å². The lowest BCUT2D eigenvalue weighted by atomic mass is 9.89. The van der Waals surface area contributed by atoms with Crippen molar-refractivity contribution in [1.29, 1.82) is 0 Å². The van der Waals surface area contributed by atoms with Gasteiger partial charge in [-0.1, -0.05) is 27.7 Å². The normalized spacial score (nSPS) is 10.7. The van der Waals surface area contributed by atoms with Crippen LogP contribution in [0.25, 0.3) is 0 Å². The summed E-state index contributed by atoms with van der Waals surface area (Å²) in [5.41, 5.74) is 5.00. The summed E-state index contributed by atoms with van der Waals surface area (Å²) in [6.07, 6.45) is 3.85. The molecule has 1 heteroatoms. The zero-order valence-corrected chi connectivity index (χ0v) is 10.3.